The zero-order chi connectivity index (χ0) is 5.98. The number of alkyl halides is 2. The highest BCUT2D eigenvalue weighted by Crippen LogP contribution is 2.27. The zero-order valence-corrected chi connectivity index (χ0v) is 5.99. The highest BCUT2D eigenvalue weighted by Gasteiger charge is 2.21. The summed E-state index contributed by atoms with van der Waals surface area (Å²) in [6.45, 7) is 0. The van der Waals surface area contributed by atoms with Crippen LogP contribution < -0.4 is 0 Å². The van der Waals surface area contributed by atoms with Crippen molar-refractivity contribution in [3.05, 3.63) is 12.2 Å². The predicted molar refractivity (Wildman–Crippen MR) is 37.6 cm³/mol. The number of rotatable bonds is 2. The fourth-order valence-corrected chi connectivity index (χ4v) is 1.42. The van der Waals surface area contributed by atoms with E-state index in [1.165, 1.54) is 0 Å². The third-order valence-electron chi connectivity index (χ3n) is 1.51. The molecule has 46 valence electrons. The molecule has 1 aliphatic rings. The average Bonchev–Trinajstić information content (AvgIpc) is 1.66. The van der Waals surface area contributed by atoms with E-state index in [0.717, 1.165) is 0 Å². The molecule has 0 nitrogen and oxygen atoms in total. The lowest BCUT2D eigenvalue weighted by Gasteiger charge is -2.24. The van der Waals surface area contributed by atoms with Crippen molar-refractivity contribution >= 4 is 23.2 Å². The molecule has 0 aromatic rings. The van der Waals surface area contributed by atoms with E-state index < -0.39 is 0 Å². The molecule has 2 heteroatoms. The molecule has 0 spiro atoms. The lowest BCUT2D eigenvalue weighted by Crippen LogP contribution is -2.21. The zero-order valence-electron chi connectivity index (χ0n) is 4.48. The first-order valence-corrected chi connectivity index (χ1v) is 3.75. The Morgan fingerprint density at radius 1 is 1.00 bits per heavy atom. The molecular formula is C6H8Cl2. The topological polar surface area (TPSA) is 0 Å². The molecule has 0 saturated carbocycles. The molecule has 2 atom stereocenters. The Bertz CT molecular complexity index is 86.7. The lowest BCUT2D eigenvalue weighted by molar-refractivity contribution is 0.512. The number of hydrogen-bond acceptors (Lipinski definition) is 0. The van der Waals surface area contributed by atoms with Gasteiger partial charge in [0.2, 0.25) is 0 Å². The summed E-state index contributed by atoms with van der Waals surface area (Å²) in [6.07, 6.45) is 4.22. The molecule has 0 N–H and O–H groups in total. The van der Waals surface area contributed by atoms with Gasteiger partial charge in [-0.3, -0.25) is 0 Å². The maximum Gasteiger partial charge on any atom is 0.0292 e. The van der Waals surface area contributed by atoms with E-state index in [9.17, 15) is 0 Å². The molecule has 0 aromatic heterocycles. The molecular weight excluding hydrogens is 143 g/mol. The first-order valence-electron chi connectivity index (χ1n) is 2.68. The van der Waals surface area contributed by atoms with Gasteiger partial charge in [0.1, 0.15) is 0 Å². The van der Waals surface area contributed by atoms with Gasteiger partial charge < -0.3 is 0 Å². The van der Waals surface area contributed by atoms with Crippen LogP contribution in [0.3, 0.4) is 0 Å². The molecule has 0 radical (unpaired) electrons. The van der Waals surface area contributed by atoms with Crippen LogP contribution in [-0.2, 0) is 0 Å². The number of halogens is 2. The van der Waals surface area contributed by atoms with Gasteiger partial charge in [-0.15, -0.1) is 23.2 Å². The minimum absolute atomic E-state index is 0.550. The van der Waals surface area contributed by atoms with Crippen LogP contribution in [0.2, 0.25) is 0 Å². The minimum Gasteiger partial charge on any atom is -0.126 e. The van der Waals surface area contributed by atoms with Crippen LogP contribution in [0.25, 0.3) is 0 Å². The lowest BCUT2D eigenvalue weighted by atomic mass is 9.85. The highest BCUT2D eigenvalue weighted by molar-refractivity contribution is 6.19. The van der Waals surface area contributed by atoms with Crippen LogP contribution in [0.4, 0.5) is 0 Å². The van der Waals surface area contributed by atoms with Crippen LogP contribution in [-0.4, -0.2) is 11.8 Å². The fourth-order valence-electron chi connectivity index (χ4n) is 0.757. The monoisotopic (exact) mass is 150 g/mol. The molecule has 1 rings (SSSR count). The van der Waals surface area contributed by atoms with Crippen LogP contribution in [0.5, 0.6) is 0 Å². The van der Waals surface area contributed by atoms with Crippen molar-refractivity contribution in [3.8, 4) is 0 Å². The molecule has 0 fully saturated rings. The van der Waals surface area contributed by atoms with E-state index in [0.29, 0.717) is 23.6 Å². The third-order valence-corrected chi connectivity index (χ3v) is 2.22. The summed E-state index contributed by atoms with van der Waals surface area (Å²) in [5.41, 5.74) is 0. The van der Waals surface area contributed by atoms with Crippen molar-refractivity contribution in [3.63, 3.8) is 0 Å². The third kappa shape index (κ3) is 1.01. The number of hydrogen-bond donors (Lipinski definition) is 0. The smallest absolute Gasteiger partial charge is 0.0292 e. The summed E-state index contributed by atoms with van der Waals surface area (Å²) in [5, 5.41) is 0. The second-order valence-corrected chi connectivity index (χ2v) is 2.64. The van der Waals surface area contributed by atoms with Gasteiger partial charge in [0.15, 0.2) is 0 Å². The second-order valence-electron chi connectivity index (χ2n) is 2.02. The van der Waals surface area contributed by atoms with Crippen molar-refractivity contribution < 1.29 is 0 Å². The maximum absolute atomic E-state index is 5.57. The maximum atomic E-state index is 5.57. The molecule has 2 unspecified atom stereocenters. The van der Waals surface area contributed by atoms with Crippen LogP contribution >= 0.6 is 23.2 Å². The Hall–Kier alpha value is 0.320. The average molecular weight is 151 g/mol. The predicted octanol–water partition coefficient (Wildman–Crippen LogP) is 2.27. The largest absolute Gasteiger partial charge is 0.126 e. The molecule has 8 heavy (non-hydrogen) atoms. The van der Waals surface area contributed by atoms with Crippen molar-refractivity contribution in [1.29, 1.82) is 0 Å². The normalized spacial score (nSPS) is 34.8. The van der Waals surface area contributed by atoms with E-state index in [1.54, 1.807) is 0 Å². The number of allylic oxidation sites excluding steroid dienone is 2. The van der Waals surface area contributed by atoms with Gasteiger partial charge >= 0.3 is 0 Å². The minimum atomic E-state index is 0.550. The van der Waals surface area contributed by atoms with E-state index in [4.69, 9.17) is 23.2 Å². The summed E-state index contributed by atoms with van der Waals surface area (Å²) < 4.78 is 0. The van der Waals surface area contributed by atoms with Gasteiger partial charge in [0.05, 0.1) is 0 Å². The summed E-state index contributed by atoms with van der Waals surface area (Å²) in [4.78, 5) is 0. The van der Waals surface area contributed by atoms with Gasteiger partial charge in [-0.25, -0.2) is 0 Å². The molecule has 0 aromatic carbocycles. The van der Waals surface area contributed by atoms with Crippen LogP contribution in [0, 0.1) is 11.8 Å². The van der Waals surface area contributed by atoms with E-state index in [-0.39, 0.29) is 0 Å². The van der Waals surface area contributed by atoms with Gasteiger partial charge in [-0.05, 0) is 11.8 Å². The standard InChI is InChI=1S/C6H8Cl2/c7-3-5-1-2-6(5)4-8/h1-2,5-6H,3-4H2. The quantitative estimate of drug-likeness (QED) is 0.419. The van der Waals surface area contributed by atoms with Crippen molar-refractivity contribution in [2.45, 2.75) is 0 Å². The highest BCUT2D eigenvalue weighted by atomic mass is 35.5. The molecule has 0 amide bonds. The summed E-state index contributed by atoms with van der Waals surface area (Å²) >= 11 is 11.1. The molecule has 1 aliphatic carbocycles. The first kappa shape index (κ1) is 6.44. The van der Waals surface area contributed by atoms with Crippen molar-refractivity contribution in [2.75, 3.05) is 11.8 Å². The first-order chi connectivity index (χ1) is 3.88. The Morgan fingerprint density at radius 3 is 1.50 bits per heavy atom. The van der Waals surface area contributed by atoms with Gasteiger partial charge in [0.25, 0.3) is 0 Å². The fraction of sp³-hybridized carbons (Fsp3) is 0.667. The van der Waals surface area contributed by atoms with Crippen LogP contribution in [0.15, 0.2) is 12.2 Å². The molecule has 0 saturated heterocycles. The van der Waals surface area contributed by atoms with Gasteiger partial charge in [-0.2, -0.15) is 0 Å². The van der Waals surface area contributed by atoms with Crippen molar-refractivity contribution in [1.82, 2.24) is 0 Å². The van der Waals surface area contributed by atoms with Crippen molar-refractivity contribution in [2.24, 2.45) is 11.8 Å². The Balaban J connectivity index is 2.30. The SMILES string of the molecule is ClCC1C=CC1CCl. The van der Waals surface area contributed by atoms with Gasteiger partial charge in [-0.1, -0.05) is 12.2 Å². The van der Waals surface area contributed by atoms with E-state index in [1.807, 2.05) is 0 Å². The van der Waals surface area contributed by atoms with E-state index in [2.05, 4.69) is 12.2 Å². The summed E-state index contributed by atoms with van der Waals surface area (Å²) in [7, 11) is 0. The molecule has 0 aliphatic heterocycles. The van der Waals surface area contributed by atoms with E-state index >= 15 is 0 Å². The second kappa shape index (κ2) is 2.75. The molecule has 0 bridgehead atoms. The summed E-state index contributed by atoms with van der Waals surface area (Å²) in [6, 6.07) is 0. The Kier molecular flexibility index (Phi) is 2.21. The summed E-state index contributed by atoms with van der Waals surface area (Å²) in [5.74, 6) is 2.53. The Labute approximate surface area is 59.5 Å². The van der Waals surface area contributed by atoms with Gasteiger partial charge in [0, 0.05) is 11.8 Å². The Morgan fingerprint density at radius 2 is 1.38 bits per heavy atom. The van der Waals surface area contributed by atoms with Crippen LogP contribution in [0.1, 0.15) is 0 Å². The molecule has 0 heterocycles.